The van der Waals surface area contributed by atoms with Gasteiger partial charge in [-0.25, -0.2) is 9.18 Å². The molecule has 1 fully saturated rings. The number of alkyl halides is 1. The number of ether oxygens (including phenoxy) is 1. The van der Waals surface area contributed by atoms with Gasteiger partial charge in [-0.3, -0.25) is 4.68 Å². The maximum atomic E-state index is 13.9. The van der Waals surface area contributed by atoms with Gasteiger partial charge in [-0.2, -0.15) is 5.10 Å². The average Bonchev–Trinajstić information content (AvgIpc) is 2.78. The number of carbonyl (C=O) groups is 1. The van der Waals surface area contributed by atoms with E-state index >= 15 is 0 Å². The minimum absolute atomic E-state index is 0.249. The molecule has 0 N–H and O–H groups in total. The number of carbonyl (C=O) groups excluding carboxylic acids is 1. The fourth-order valence-electron chi connectivity index (χ4n) is 1.67. The van der Waals surface area contributed by atoms with Crippen LogP contribution < -0.4 is 0 Å². The van der Waals surface area contributed by atoms with Gasteiger partial charge in [0.15, 0.2) is 5.67 Å². The molecule has 0 saturated heterocycles. The Bertz CT molecular complexity index is 396. The second kappa shape index (κ2) is 3.32. The summed E-state index contributed by atoms with van der Waals surface area (Å²) in [6.45, 7) is 2.00. The Hall–Kier alpha value is -1.39. The van der Waals surface area contributed by atoms with E-state index in [-0.39, 0.29) is 12.2 Å². The first-order valence-corrected chi connectivity index (χ1v) is 4.97. The molecule has 0 unspecified atom stereocenters. The number of aromatic nitrogens is 2. The normalized spacial score (nSPS) is 17.5. The third kappa shape index (κ3) is 1.62. The van der Waals surface area contributed by atoms with E-state index in [1.807, 2.05) is 0 Å². The first-order chi connectivity index (χ1) is 7.08. The van der Waals surface area contributed by atoms with Crippen LogP contribution in [0.25, 0.3) is 0 Å². The van der Waals surface area contributed by atoms with Gasteiger partial charge >= 0.3 is 5.97 Å². The number of esters is 1. The van der Waals surface area contributed by atoms with Gasteiger partial charge in [-0.15, -0.1) is 0 Å². The van der Waals surface area contributed by atoms with Crippen LogP contribution in [-0.2, 0) is 17.5 Å². The zero-order valence-corrected chi connectivity index (χ0v) is 8.79. The molecular formula is C10H13FN2O2. The third-order valence-electron chi connectivity index (χ3n) is 2.55. The number of hydrogen-bond donors (Lipinski definition) is 0. The second-order valence-corrected chi connectivity index (χ2v) is 3.72. The quantitative estimate of drug-likeness (QED) is 0.714. The highest BCUT2D eigenvalue weighted by molar-refractivity contribution is 5.90. The van der Waals surface area contributed by atoms with Crippen LogP contribution in [0.2, 0.25) is 0 Å². The number of halogens is 1. The van der Waals surface area contributed by atoms with Crippen molar-refractivity contribution in [2.75, 3.05) is 6.61 Å². The van der Waals surface area contributed by atoms with Gasteiger partial charge in [-0.1, -0.05) is 0 Å². The molecule has 1 aliphatic carbocycles. The van der Waals surface area contributed by atoms with Crippen LogP contribution in [0.15, 0.2) is 6.20 Å². The summed E-state index contributed by atoms with van der Waals surface area (Å²) in [7, 11) is 1.64. The molecule has 82 valence electrons. The van der Waals surface area contributed by atoms with Crippen LogP contribution in [0, 0.1) is 0 Å². The van der Waals surface area contributed by atoms with Crippen LogP contribution >= 0.6 is 0 Å². The molecular weight excluding hydrogens is 199 g/mol. The molecule has 0 aromatic carbocycles. The van der Waals surface area contributed by atoms with Crippen molar-refractivity contribution >= 4 is 5.97 Å². The molecule has 1 aliphatic rings. The van der Waals surface area contributed by atoms with Gasteiger partial charge in [0, 0.05) is 7.05 Å². The molecule has 5 heteroatoms. The van der Waals surface area contributed by atoms with E-state index in [2.05, 4.69) is 5.10 Å². The summed E-state index contributed by atoms with van der Waals surface area (Å²) in [6.07, 6.45) is 2.28. The fourth-order valence-corrected chi connectivity index (χ4v) is 1.67. The molecule has 1 heterocycles. The highest BCUT2D eigenvalue weighted by atomic mass is 19.1. The predicted molar refractivity (Wildman–Crippen MR) is 51.2 cm³/mol. The van der Waals surface area contributed by atoms with E-state index in [9.17, 15) is 9.18 Å². The van der Waals surface area contributed by atoms with Gasteiger partial charge in [0.1, 0.15) is 5.56 Å². The molecule has 0 bridgehead atoms. The van der Waals surface area contributed by atoms with Crippen molar-refractivity contribution < 1.29 is 13.9 Å². The van der Waals surface area contributed by atoms with Crippen molar-refractivity contribution in [2.24, 2.45) is 7.05 Å². The second-order valence-electron chi connectivity index (χ2n) is 3.72. The summed E-state index contributed by atoms with van der Waals surface area (Å²) >= 11 is 0. The molecule has 0 amide bonds. The highest BCUT2D eigenvalue weighted by Gasteiger charge is 2.50. The molecule has 0 aliphatic heterocycles. The number of hydrogen-bond acceptors (Lipinski definition) is 3. The van der Waals surface area contributed by atoms with Gasteiger partial charge < -0.3 is 4.74 Å². The lowest BCUT2D eigenvalue weighted by Gasteiger charge is -2.08. The number of nitrogens with zero attached hydrogens (tertiary/aromatic N) is 2. The Labute approximate surface area is 87.0 Å². The largest absolute Gasteiger partial charge is 0.462 e. The van der Waals surface area contributed by atoms with Crippen LogP contribution in [0.4, 0.5) is 4.39 Å². The van der Waals surface area contributed by atoms with Crippen molar-refractivity contribution in [1.82, 2.24) is 9.78 Å². The van der Waals surface area contributed by atoms with E-state index in [4.69, 9.17) is 4.74 Å². The summed E-state index contributed by atoms with van der Waals surface area (Å²) in [5.74, 6) is -0.496. The summed E-state index contributed by atoms with van der Waals surface area (Å²) in [4.78, 5) is 11.5. The summed E-state index contributed by atoms with van der Waals surface area (Å²) in [5.41, 5.74) is -0.770. The number of aryl methyl sites for hydroxylation is 1. The molecule has 2 rings (SSSR count). The first-order valence-electron chi connectivity index (χ1n) is 4.97. The lowest BCUT2D eigenvalue weighted by atomic mass is 10.1. The van der Waals surface area contributed by atoms with E-state index in [1.165, 1.54) is 10.9 Å². The predicted octanol–water partition coefficient (Wildman–Crippen LogP) is 1.56. The van der Waals surface area contributed by atoms with Crippen molar-refractivity contribution in [3.63, 3.8) is 0 Å². The standard InChI is InChI=1S/C10H13FN2O2/c1-3-15-9(14)7-6-12-13(2)8(7)10(11)4-5-10/h6H,3-5H2,1-2H3. The van der Waals surface area contributed by atoms with Crippen LogP contribution in [-0.4, -0.2) is 22.4 Å². The van der Waals surface area contributed by atoms with Gasteiger partial charge in [0.05, 0.1) is 18.5 Å². The molecule has 1 aromatic rings. The van der Waals surface area contributed by atoms with Crippen LogP contribution in [0.5, 0.6) is 0 Å². The summed E-state index contributed by atoms with van der Waals surface area (Å²) < 4.78 is 20.2. The van der Waals surface area contributed by atoms with E-state index in [1.54, 1.807) is 14.0 Å². The zero-order valence-electron chi connectivity index (χ0n) is 8.79. The van der Waals surface area contributed by atoms with Gasteiger partial charge in [0.25, 0.3) is 0 Å². The monoisotopic (exact) mass is 212 g/mol. The van der Waals surface area contributed by atoms with Crippen molar-refractivity contribution in [1.29, 1.82) is 0 Å². The Kier molecular flexibility index (Phi) is 2.25. The third-order valence-corrected chi connectivity index (χ3v) is 2.55. The van der Waals surface area contributed by atoms with Crippen LogP contribution in [0.3, 0.4) is 0 Å². The molecule has 4 nitrogen and oxygen atoms in total. The minimum atomic E-state index is -1.37. The Morgan fingerprint density at radius 1 is 1.73 bits per heavy atom. The van der Waals surface area contributed by atoms with Gasteiger partial charge in [-0.05, 0) is 19.8 Å². The smallest absolute Gasteiger partial charge is 0.341 e. The Balaban J connectivity index is 2.36. The lowest BCUT2D eigenvalue weighted by molar-refractivity contribution is 0.0521. The zero-order chi connectivity index (χ0) is 11.1. The first kappa shape index (κ1) is 10.1. The maximum Gasteiger partial charge on any atom is 0.341 e. The van der Waals surface area contributed by atoms with Crippen LogP contribution in [0.1, 0.15) is 35.8 Å². The summed E-state index contributed by atoms with van der Waals surface area (Å²) in [5, 5.41) is 3.90. The summed E-state index contributed by atoms with van der Waals surface area (Å²) in [6, 6.07) is 0. The molecule has 1 saturated carbocycles. The molecule has 0 spiro atoms. The van der Waals surface area contributed by atoms with E-state index in [0.29, 0.717) is 18.5 Å². The van der Waals surface area contributed by atoms with Crippen molar-refractivity contribution in [2.45, 2.75) is 25.4 Å². The van der Waals surface area contributed by atoms with E-state index < -0.39 is 11.6 Å². The lowest BCUT2D eigenvalue weighted by Crippen LogP contribution is -2.14. The Morgan fingerprint density at radius 3 is 2.93 bits per heavy atom. The molecule has 15 heavy (non-hydrogen) atoms. The van der Waals surface area contributed by atoms with Crippen molar-refractivity contribution in [3.8, 4) is 0 Å². The minimum Gasteiger partial charge on any atom is -0.462 e. The van der Waals surface area contributed by atoms with E-state index in [0.717, 1.165) is 0 Å². The molecule has 0 atom stereocenters. The fraction of sp³-hybridized carbons (Fsp3) is 0.600. The molecule has 1 aromatic heterocycles. The average molecular weight is 212 g/mol. The maximum absolute atomic E-state index is 13.9. The number of rotatable bonds is 3. The SMILES string of the molecule is CCOC(=O)c1cnn(C)c1C1(F)CC1. The molecule has 0 radical (unpaired) electrons. The highest BCUT2D eigenvalue weighted by Crippen LogP contribution is 2.50. The Morgan fingerprint density at radius 2 is 2.40 bits per heavy atom. The topological polar surface area (TPSA) is 44.1 Å². The van der Waals surface area contributed by atoms with Gasteiger partial charge in [0.2, 0.25) is 0 Å². The van der Waals surface area contributed by atoms with Crippen molar-refractivity contribution in [3.05, 3.63) is 17.5 Å².